The molecule has 4 rings (SSSR count). The minimum atomic E-state index is -5.11. The van der Waals surface area contributed by atoms with Gasteiger partial charge in [-0.05, 0) is 66.1 Å². The second-order valence-electron chi connectivity index (χ2n) is 10.1. The Morgan fingerprint density at radius 3 is 2.07 bits per heavy atom. The van der Waals surface area contributed by atoms with Crippen molar-refractivity contribution in [3.8, 4) is 0 Å². The number of benzene rings is 4. The van der Waals surface area contributed by atoms with Crippen molar-refractivity contribution in [1.29, 1.82) is 0 Å². The number of carbonyl (C=O) groups excluding carboxylic acids is 1. The van der Waals surface area contributed by atoms with Crippen LogP contribution in [-0.2, 0) is 43.2 Å². The molecule has 0 aliphatic carbocycles. The number of nitrogens with one attached hydrogen (secondary N) is 1. The van der Waals surface area contributed by atoms with Crippen molar-refractivity contribution in [1.82, 2.24) is 4.72 Å². The Morgan fingerprint density at radius 1 is 0.848 bits per heavy atom. The SMILES string of the molecule is CN(C(=O)c1ccc(CP(=O)(O)O)cc1)c1ccccc1CCNS(=O)(=O)c1cc(S(=O)(=O)c2ccccc2)ccc1C(F)(F)F. The second kappa shape index (κ2) is 13.5. The summed E-state index contributed by atoms with van der Waals surface area (Å²) < 4.78 is 107. The Hall–Kier alpha value is -3.85. The number of hydrogen-bond acceptors (Lipinski definition) is 6. The number of alkyl halides is 3. The van der Waals surface area contributed by atoms with E-state index in [1.807, 2.05) is 0 Å². The lowest BCUT2D eigenvalue weighted by Gasteiger charge is -2.21. The summed E-state index contributed by atoms with van der Waals surface area (Å²) >= 11 is 0. The largest absolute Gasteiger partial charge is 0.417 e. The van der Waals surface area contributed by atoms with Gasteiger partial charge in [0.15, 0.2) is 0 Å². The molecule has 46 heavy (non-hydrogen) atoms. The van der Waals surface area contributed by atoms with Crippen molar-refractivity contribution in [2.24, 2.45) is 0 Å². The summed E-state index contributed by atoms with van der Waals surface area (Å²) in [7, 11) is -12.1. The molecule has 0 atom stereocenters. The van der Waals surface area contributed by atoms with E-state index in [1.54, 1.807) is 30.3 Å². The molecule has 0 saturated heterocycles. The van der Waals surface area contributed by atoms with Gasteiger partial charge in [0.05, 0.1) is 26.4 Å². The monoisotopic (exact) mass is 696 g/mol. The van der Waals surface area contributed by atoms with E-state index in [-0.39, 0.29) is 16.9 Å². The number of hydrogen-bond donors (Lipinski definition) is 3. The maximum Gasteiger partial charge on any atom is 0.417 e. The Kier molecular flexibility index (Phi) is 10.3. The molecular formula is C30H28F3N2O8PS2. The number of rotatable bonds is 11. The van der Waals surface area contributed by atoms with Gasteiger partial charge in [-0.2, -0.15) is 13.2 Å². The summed E-state index contributed by atoms with van der Waals surface area (Å²) in [6, 6.07) is 20.6. The molecule has 4 aromatic carbocycles. The lowest BCUT2D eigenvalue weighted by atomic mass is 10.1. The first-order chi connectivity index (χ1) is 21.4. The number of nitrogens with zero attached hydrogens (tertiary/aromatic N) is 1. The molecule has 0 fully saturated rings. The lowest BCUT2D eigenvalue weighted by molar-refractivity contribution is -0.139. The van der Waals surface area contributed by atoms with Crippen LogP contribution in [0.5, 0.6) is 0 Å². The number of carbonyl (C=O) groups is 1. The van der Waals surface area contributed by atoms with E-state index in [0.717, 1.165) is 0 Å². The zero-order valence-electron chi connectivity index (χ0n) is 24.0. The number of amides is 1. The Labute approximate surface area is 263 Å². The van der Waals surface area contributed by atoms with Gasteiger partial charge >= 0.3 is 13.8 Å². The molecule has 16 heteroatoms. The molecule has 0 aromatic heterocycles. The predicted molar refractivity (Wildman–Crippen MR) is 164 cm³/mol. The highest BCUT2D eigenvalue weighted by Gasteiger charge is 2.38. The molecule has 0 heterocycles. The Morgan fingerprint density at radius 2 is 1.46 bits per heavy atom. The third kappa shape index (κ3) is 8.29. The van der Waals surface area contributed by atoms with Crippen LogP contribution in [0.25, 0.3) is 0 Å². The van der Waals surface area contributed by atoms with Crippen molar-refractivity contribution in [3.63, 3.8) is 0 Å². The van der Waals surface area contributed by atoms with Gasteiger partial charge < -0.3 is 14.7 Å². The van der Waals surface area contributed by atoms with E-state index >= 15 is 0 Å². The number of sulfonamides is 1. The first-order valence-corrected chi connectivity index (χ1v) is 18.2. The molecule has 244 valence electrons. The van der Waals surface area contributed by atoms with E-state index in [1.165, 1.54) is 60.5 Å². The van der Waals surface area contributed by atoms with Crippen molar-refractivity contribution in [2.75, 3.05) is 18.5 Å². The first kappa shape index (κ1) is 35.0. The van der Waals surface area contributed by atoms with Crippen molar-refractivity contribution in [3.05, 3.63) is 119 Å². The zero-order chi connectivity index (χ0) is 33.9. The second-order valence-corrected chi connectivity index (χ2v) is 15.5. The van der Waals surface area contributed by atoms with Gasteiger partial charge in [-0.15, -0.1) is 0 Å². The third-order valence-corrected chi connectivity index (χ3v) is 10.9. The summed E-state index contributed by atoms with van der Waals surface area (Å²) in [5, 5.41) is 0. The average Bonchev–Trinajstić information content (AvgIpc) is 3.00. The summed E-state index contributed by atoms with van der Waals surface area (Å²) in [6.07, 6.45) is -5.66. The van der Waals surface area contributed by atoms with Crippen LogP contribution in [0.15, 0.2) is 112 Å². The van der Waals surface area contributed by atoms with Gasteiger partial charge in [0, 0.05) is 24.8 Å². The summed E-state index contributed by atoms with van der Waals surface area (Å²) in [5.41, 5.74) is -0.160. The first-order valence-electron chi connectivity index (χ1n) is 13.4. The predicted octanol–water partition coefficient (Wildman–Crippen LogP) is 5.01. The molecule has 10 nitrogen and oxygen atoms in total. The smallest absolute Gasteiger partial charge is 0.324 e. The normalized spacial score (nSPS) is 12.6. The number of anilines is 1. The van der Waals surface area contributed by atoms with E-state index in [9.17, 15) is 39.4 Å². The molecule has 1 amide bonds. The minimum Gasteiger partial charge on any atom is -0.324 e. The van der Waals surface area contributed by atoms with Gasteiger partial charge in [-0.1, -0.05) is 48.5 Å². The fourth-order valence-electron chi connectivity index (χ4n) is 4.60. The van der Waals surface area contributed by atoms with E-state index in [4.69, 9.17) is 9.79 Å². The quantitative estimate of drug-likeness (QED) is 0.185. The van der Waals surface area contributed by atoms with Crippen LogP contribution in [0.2, 0.25) is 0 Å². The van der Waals surface area contributed by atoms with Crippen LogP contribution in [0.3, 0.4) is 0 Å². The summed E-state index contributed by atoms with van der Waals surface area (Å²) in [6.45, 7) is -0.397. The van der Waals surface area contributed by atoms with Crippen molar-refractivity contribution >= 4 is 39.1 Å². The molecular weight excluding hydrogens is 668 g/mol. The van der Waals surface area contributed by atoms with Gasteiger partial charge in [0.2, 0.25) is 19.9 Å². The van der Waals surface area contributed by atoms with Crippen LogP contribution in [0.1, 0.15) is 27.0 Å². The Bertz CT molecular complexity index is 2000. The molecule has 4 aromatic rings. The highest BCUT2D eigenvalue weighted by Crippen LogP contribution is 2.39. The zero-order valence-corrected chi connectivity index (χ0v) is 26.6. The number of para-hydroxylation sites is 1. The Balaban J connectivity index is 1.56. The van der Waals surface area contributed by atoms with E-state index < -0.39 is 67.6 Å². The fraction of sp³-hybridized carbons (Fsp3) is 0.167. The van der Waals surface area contributed by atoms with Crippen LogP contribution in [0.4, 0.5) is 18.9 Å². The number of sulfone groups is 1. The van der Waals surface area contributed by atoms with Gasteiger partial charge in [0.1, 0.15) is 0 Å². The average molecular weight is 697 g/mol. The topological polar surface area (TPSA) is 158 Å². The summed E-state index contributed by atoms with van der Waals surface area (Å²) in [4.78, 5) is 30.7. The molecule has 0 aliphatic rings. The van der Waals surface area contributed by atoms with Crippen molar-refractivity contribution in [2.45, 2.75) is 33.4 Å². The molecule has 3 N–H and O–H groups in total. The standard InChI is InChI=1S/C30H28F3N2O8PS2/c1-35(29(36)23-13-11-21(12-14-23)20-44(37,38)39)27-10-6-5-7-22(27)17-18-34-46(42,43)28-19-25(15-16-26(28)30(31,32)33)45(40,41)24-8-3-2-4-9-24/h2-16,19,34H,17-18,20H2,1H3,(H2,37,38,39). The molecule has 0 radical (unpaired) electrons. The van der Waals surface area contributed by atoms with Crippen LogP contribution < -0.4 is 9.62 Å². The third-order valence-electron chi connectivity index (χ3n) is 6.85. The van der Waals surface area contributed by atoms with Gasteiger partial charge in [0.25, 0.3) is 5.91 Å². The maximum absolute atomic E-state index is 13.9. The lowest BCUT2D eigenvalue weighted by Crippen LogP contribution is -2.30. The van der Waals surface area contributed by atoms with Crippen LogP contribution in [-0.4, -0.2) is 46.1 Å². The molecule has 0 bridgehead atoms. The molecule has 0 aliphatic heterocycles. The highest BCUT2D eigenvalue weighted by atomic mass is 32.2. The number of halogens is 3. The van der Waals surface area contributed by atoms with Crippen molar-refractivity contribution < 1.29 is 49.2 Å². The van der Waals surface area contributed by atoms with Crippen LogP contribution >= 0.6 is 7.60 Å². The summed E-state index contributed by atoms with van der Waals surface area (Å²) in [5.74, 6) is -0.484. The maximum atomic E-state index is 13.9. The van der Waals surface area contributed by atoms with Gasteiger partial charge in [-0.25, -0.2) is 21.6 Å². The van der Waals surface area contributed by atoms with Crippen LogP contribution in [0, 0.1) is 0 Å². The van der Waals surface area contributed by atoms with E-state index in [0.29, 0.717) is 35.0 Å². The molecule has 0 saturated carbocycles. The minimum absolute atomic E-state index is 0.0579. The molecule has 0 spiro atoms. The fourth-order valence-corrected chi connectivity index (χ4v) is 7.95. The highest BCUT2D eigenvalue weighted by molar-refractivity contribution is 7.91. The van der Waals surface area contributed by atoms with E-state index in [2.05, 4.69) is 4.72 Å². The van der Waals surface area contributed by atoms with Gasteiger partial charge in [-0.3, -0.25) is 9.36 Å². The molecule has 0 unspecified atom stereocenters.